The van der Waals surface area contributed by atoms with Gasteiger partial charge in [0.1, 0.15) is 0 Å². The number of hydrogen-bond acceptors (Lipinski definition) is 4. The number of nitrogens with zero attached hydrogens (tertiary/aromatic N) is 4. The molecule has 1 aliphatic carbocycles. The highest BCUT2D eigenvalue weighted by Gasteiger charge is 2.29. The van der Waals surface area contributed by atoms with Crippen LogP contribution in [0.4, 0.5) is 5.13 Å². The van der Waals surface area contributed by atoms with Gasteiger partial charge in [0.25, 0.3) is 0 Å². The highest BCUT2D eigenvalue weighted by atomic mass is 35.5. The molecule has 0 spiro atoms. The normalized spacial score (nSPS) is 15.2. The minimum absolute atomic E-state index is 0.116. The minimum Gasteiger partial charge on any atom is -0.337 e. The SMILES string of the molecule is Cc1ccc(Cl)c2sc(N(CCCn3ccnc3)C(=O)C3CCCCC3)nc12. The molecule has 0 N–H and O–H groups in total. The fourth-order valence-corrected chi connectivity index (χ4v) is 5.25. The molecule has 4 rings (SSSR count). The van der Waals surface area contributed by atoms with Gasteiger partial charge in [0, 0.05) is 31.4 Å². The Morgan fingerprint density at radius 3 is 2.86 bits per heavy atom. The summed E-state index contributed by atoms with van der Waals surface area (Å²) < 4.78 is 3.01. The first-order valence-electron chi connectivity index (χ1n) is 9.96. The third-order valence-electron chi connectivity index (χ3n) is 5.49. The Bertz CT molecular complexity index is 908. The van der Waals surface area contributed by atoms with Crippen molar-refractivity contribution in [2.45, 2.75) is 52.0 Å². The second kappa shape index (κ2) is 8.62. The van der Waals surface area contributed by atoms with Gasteiger partial charge < -0.3 is 4.57 Å². The van der Waals surface area contributed by atoms with Crippen LogP contribution in [0.15, 0.2) is 30.9 Å². The molecular formula is C21H25ClN4OS. The van der Waals surface area contributed by atoms with Crippen LogP contribution in [0.5, 0.6) is 0 Å². The summed E-state index contributed by atoms with van der Waals surface area (Å²) in [5, 5.41) is 1.47. The van der Waals surface area contributed by atoms with Gasteiger partial charge in [-0.25, -0.2) is 9.97 Å². The molecule has 0 atom stereocenters. The lowest BCUT2D eigenvalue weighted by Gasteiger charge is -2.27. The maximum atomic E-state index is 13.4. The van der Waals surface area contributed by atoms with E-state index in [1.165, 1.54) is 17.8 Å². The quantitative estimate of drug-likeness (QED) is 0.536. The Labute approximate surface area is 174 Å². The van der Waals surface area contributed by atoms with Crippen molar-refractivity contribution in [1.29, 1.82) is 0 Å². The van der Waals surface area contributed by atoms with Crippen molar-refractivity contribution in [3.8, 4) is 0 Å². The number of benzene rings is 1. The summed E-state index contributed by atoms with van der Waals surface area (Å²) in [6.45, 7) is 3.53. The standard InChI is InChI=1S/C21H25ClN4OS/c1-15-8-9-17(22)19-18(15)24-21(28-19)26(12-5-11-25-13-10-23-14-25)20(27)16-6-3-2-4-7-16/h8-10,13-14,16H,2-7,11-12H2,1H3. The molecule has 0 unspecified atom stereocenters. The fraction of sp³-hybridized carbons (Fsp3) is 0.476. The Balaban J connectivity index is 1.60. The van der Waals surface area contributed by atoms with Gasteiger partial charge in [-0.1, -0.05) is 48.3 Å². The number of amides is 1. The summed E-state index contributed by atoms with van der Waals surface area (Å²) in [6.07, 6.45) is 11.9. The smallest absolute Gasteiger partial charge is 0.231 e. The molecule has 5 nitrogen and oxygen atoms in total. The monoisotopic (exact) mass is 416 g/mol. The first-order chi connectivity index (χ1) is 13.6. The van der Waals surface area contributed by atoms with Crippen LogP contribution in [-0.4, -0.2) is 27.0 Å². The maximum Gasteiger partial charge on any atom is 0.231 e. The van der Waals surface area contributed by atoms with Crippen LogP contribution in [0, 0.1) is 12.8 Å². The molecule has 1 fully saturated rings. The van der Waals surface area contributed by atoms with Gasteiger partial charge in [-0.2, -0.15) is 0 Å². The van der Waals surface area contributed by atoms with Gasteiger partial charge in [-0.05, 0) is 37.8 Å². The third kappa shape index (κ3) is 4.08. The summed E-state index contributed by atoms with van der Waals surface area (Å²) in [6, 6.07) is 3.90. The number of hydrogen-bond donors (Lipinski definition) is 0. The molecule has 7 heteroatoms. The molecule has 0 bridgehead atoms. The fourth-order valence-electron chi connectivity index (χ4n) is 3.91. The Hall–Kier alpha value is -1.92. The van der Waals surface area contributed by atoms with Crippen LogP contribution in [-0.2, 0) is 11.3 Å². The largest absolute Gasteiger partial charge is 0.337 e. The van der Waals surface area contributed by atoms with E-state index in [9.17, 15) is 4.79 Å². The van der Waals surface area contributed by atoms with Crippen molar-refractivity contribution in [2.24, 2.45) is 5.92 Å². The molecule has 2 aromatic heterocycles. The zero-order valence-electron chi connectivity index (χ0n) is 16.1. The van der Waals surface area contributed by atoms with Crippen molar-refractivity contribution in [1.82, 2.24) is 14.5 Å². The molecule has 0 aliphatic heterocycles. The number of aryl methyl sites for hydroxylation is 2. The number of rotatable bonds is 6. The lowest BCUT2D eigenvalue weighted by Crippen LogP contribution is -2.38. The van der Waals surface area contributed by atoms with E-state index in [-0.39, 0.29) is 11.8 Å². The number of thiazole rings is 1. The van der Waals surface area contributed by atoms with Crippen molar-refractivity contribution >= 4 is 44.2 Å². The Morgan fingerprint density at radius 1 is 1.32 bits per heavy atom. The summed E-state index contributed by atoms with van der Waals surface area (Å²) in [7, 11) is 0. The number of aromatic nitrogens is 3. The van der Waals surface area contributed by atoms with E-state index in [1.54, 1.807) is 6.20 Å². The molecule has 3 aromatic rings. The first kappa shape index (κ1) is 19.4. The average Bonchev–Trinajstić information content (AvgIpc) is 3.39. The predicted molar refractivity (Wildman–Crippen MR) is 115 cm³/mol. The van der Waals surface area contributed by atoms with E-state index >= 15 is 0 Å². The molecule has 148 valence electrons. The molecule has 28 heavy (non-hydrogen) atoms. The molecule has 0 saturated heterocycles. The molecular weight excluding hydrogens is 392 g/mol. The van der Waals surface area contributed by atoms with Crippen LogP contribution in [0.3, 0.4) is 0 Å². The van der Waals surface area contributed by atoms with Gasteiger partial charge in [-0.15, -0.1) is 0 Å². The van der Waals surface area contributed by atoms with E-state index < -0.39 is 0 Å². The van der Waals surface area contributed by atoms with Crippen LogP contribution in [0.25, 0.3) is 10.2 Å². The molecule has 1 amide bonds. The number of carbonyl (C=O) groups is 1. The minimum atomic E-state index is 0.116. The van der Waals surface area contributed by atoms with Crippen molar-refractivity contribution in [3.05, 3.63) is 41.4 Å². The van der Waals surface area contributed by atoms with Crippen molar-refractivity contribution < 1.29 is 4.79 Å². The van der Waals surface area contributed by atoms with E-state index in [0.29, 0.717) is 11.6 Å². The number of anilines is 1. The van der Waals surface area contributed by atoms with Crippen molar-refractivity contribution in [3.63, 3.8) is 0 Å². The zero-order valence-corrected chi connectivity index (χ0v) is 17.7. The summed E-state index contributed by atoms with van der Waals surface area (Å²) >= 11 is 7.93. The number of carbonyl (C=O) groups excluding carboxylic acids is 1. The highest BCUT2D eigenvalue weighted by Crippen LogP contribution is 2.37. The third-order valence-corrected chi connectivity index (χ3v) is 7.03. The number of imidazole rings is 1. The second-order valence-corrected chi connectivity index (χ2v) is 8.90. The van der Waals surface area contributed by atoms with Gasteiger partial charge in [0.15, 0.2) is 5.13 Å². The van der Waals surface area contributed by atoms with Gasteiger partial charge in [0.05, 0.1) is 21.6 Å². The zero-order chi connectivity index (χ0) is 19.5. The van der Waals surface area contributed by atoms with Crippen LogP contribution < -0.4 is 4.90 Å². The van der Waals surface area contributed by atoms with Gasteiger partial charge in [0.2, 0.25) is 5.91 Å². The number of halogens is 1. The first-order valence-corrected chi connectivity index (χ1v) is 11.2. The van der Waals surface area contributed by atoms with Gasteiger partial charge in [-0.3, -0.25) is 9.69 Å². The lowest BCUT2D eigenvalue weighted by molar-refractivity contribution is -0.123. The Kier molecular flexibility index (Phi) is 5.97. The summed E-state index contributed by atoms with van der Waals surface area (Å²) in [5.41, 5.74) is 1.99. The van der Waals surface area contributed by atoms with Gasteiger partial charge >= 0.3 is 0 Å². The Morgan fingerprint density at radius 2 is 2.14 bits per heavy atom. The molecule has 2 heterocycles. The highest BCUT2D eigenvalue weighted by molar-refractivity contribution is 7.23. The van der Waals surface area contributed by atoms with E-state index in [1.807, 2.05) is 41.0 Å². The van der Waals surface area contributed by atoms with E-state index in [4.69, 9.17) is 16.6 Å². The van der Waals surface area contributed by atoms with Crippen molar-refractivity contribution in [2.75, 3.05) is 11.4 Å². The molecule has 1 aromatic carbocycles. The average molecular weight is 417 g/mol. The van der Waals surface area contributed by atoms with Crippen LogP contribution in [0.2, 0.25) is 5.02 Å². The van der Waals surface area contributed by atoms with Crippen LogP contribution >= 0.6 is 22.9 Å². The second-order valence-electron chi connectivity index (χ2n) is 7.52. The number of fused-ring (bicyclic) bond motifs is 1. The molecule has 0 radical (unpaired) electrons. The topological polar surface area (TPSA) is 51.0 Å². The van der Waals surface area contributed by atoms with Crippen LogP contribution in [0.1, 0.15) is 44.1 Å². The predicted octanol–water partition coefficient (Wildman–Crippen LogP) is 5.46. The summed E-state index contributed by atoms with van der Waals surface area (Å²) in [4.78, 5) is 24.2. The maximum absolute atomic E-state index is 13.4. The molecule has 1 saturated carbocycles. The van der Waals surface area contributed by atoms with E-state index in [0.717, 1.165) is 59.6 Å². The van der Waals surface area contributed by atoms with E-state index in [2.05, 4.69) is 4.98 Å². The molecule has 1 aliphatic rings. The summed E-state index contributed by atoms with van der Waals surface area (Å²) in [5.74, 6) is 0.337. The lowest BCUT2D eigenvalue weighted by atomic mass is 9.88.